The Balaban J connectivity index is 2.13. The van der Waals surface area contributed by atoms with Gasteiger partial charge in [-0.3, -0.25) is 0 Å². The van der Waals surface area contributed by atoms with Gasteiger partial charge in [0.25, 0.3) is 0 Å². The molecule has 0 N–H and O–H groups in total. The largest absolute Gasteiger partial charge is 0.493 e. The van der Waals surface area contributed by atoms with E-state index in [4.69, 9.17) is 4.74 Å². The van der Waals surface area contributed by atoms with E-state index in [-0.39, 0.29) is 0 Å². The summed E-state index contributed by atoms with van der Waals surface area (Å²) >= 11 is 0. The Kier molecular flexibility index (Phi) is 2.92. The third kappa shape index (κ3) is 1.92. The van der Waals surface area contributed by atoms with Crippen molar-refractivity contribution in [1.82, 2.24) is 0 Å². The molecule has 3 aromatic rings. The summed E-state index contributed by atoms with van der Waals surface area (Å²) in [5.41, 5.74) is 5.40. The van der Waals surface area contributed by atoms with Crippen molar-refractivity contribution >= 4 is 10.8 Å². The first-order valence-corrected chi connectivity index (χ1v) is 7.58. The maximum atomic E-state index is 6.05. The monoisotopic (exact) mass is 274 g/mol. The predicted octanol–water partition coefficient (Wildman–Crippen LogP) is 5.14. The van der Waals surface area contributed by atoms with Gasteiger partial charge in [0.15, 0.2) is 0 Å². The third-order valence-electron chi connectivity index (χ3n) is 4.41. The van der Waals surface area contributed by atoms with Crippen molar-refractivity contribution in [2.75, 3.05) is 6.61 Å². The fraction of sp³-hybridized carbons (Fsp3) is 0.200. The Morgan fingerprint density at radius 3 is 2.38 bits per heavy atom. The van der Waals surface area contributed by atoms with Crippen LogP contribution in [-0.4, -0.2) is 6.61 Å². The van der Waals surface area contributed by atoms with E-state index in [9.17, 15) is 0 Å². The minimum absolute atomic E-state index is 0.828. The molecule has 1 heterocycles. The van der Waals surface area contributed by atoms with E-state index in [1.54, 1.807) is 0 Å². The van der Waals surface area contributed by atoms with Crippen LogP contribution >= 0.6 is 0 Å². The van der Waals surface area contributed by atoms with E-state index >= 15 is 0 Å². The quantitative estimate of drug-likeness (QED) is 0.597. The third-order valence-corrected chi connectivity index (χ3v) is 4.41. The average molecular weight is 274 g/mol. The van der Waals surface area contributed by atoms with Crippen molar-refractivity contribution in [3.8, 4) is 16.9 Å². The average Bonchev–Trinajstić information content (AvgIpc) is 2.56. The molecular weight excluding hydrogens is 256 g/mol. The van der Waals surface area contributed by atoms with Crippen LogP contribution in [0.2, 0.25) is 0 Å². The van der Waals surface area contributed by atoms with Crippen LogP contribution in [0.3, 0.4) is 0 Å². The van der Waals surface area contributed by atoms with E-state index < -0.39 is 0 Å². The Labute approximate surface area is 125 Å². The van der Waals surface area contributed by atoms with Crippen LogP contribution in [0.5, 0.6) is 5.75 Å². The van der Waals surface area contributed by atoms with Crippen molar-refractivity contribution in [3.05, 3.63) is 65.7 Å². The molecule has 0 radical (unpaired) electrons. The van der Waals surface area contributed by atoms with Gasteiger partial charge in [-0.1, -0.05) is 54.6 Å². The van der Waals surface area contributed by atoms with Crippen LogP contribution in [0.1, 0.15) is 17.5 Å². The molecule has 0 aliphatic carbocycles. The zero-order chi connectivity index (χ0) is 14.2. The lowest BCUT2D eigenvalue weighted by Crippen LogP contribution is -2.11. The number of hydrogen-bond donors (Lipinski definition) is 0. The fourth-order valence-corrected chi connectivity index (χ4v) is 3.47. The van der Waals surface area contributed by atoms with Crippen LogP contribution in [0, 0.1) is 6.92 Å². The first kappa shape index (κ1) is 12.5. The second-order valence-corrected chi connectivity index (χ2v) is 5.67. The topological polar surface area (TPSA) is 9.23 Å². The second-order valence-electron chi connectivity index (χ2n) is 5.67. The van der Waals surface area contributed by atoms with Gasteiger partial charge in [0.05, 0.1) is 6.61 Å². The molecule has 1 aliphatic heterocycles. The molecule has 104 valence electrons. The molecule has 0 bridgehead atoms. The van der Waals surface area contributed by atoms with Crippen LogP contribution < -0.4 is 4.74 Å². The summed E-state index contributed by atoms with van der Waals surface area (Å²) in [4.78, 5) is 0. The van der Waals surface area contributed by atoms with E-state index in [0.29, 0.717) is 0 Å². The van der Waals surface area contributed by atoms with Crippen molar-refractivity contribution in [3.63, 3.8) is 0 Å². The van der Waals surface area contributed by atoms with Crippen LogP contribution in [0.25, 0.3) is 21.9 Å². The smallest absolute Gasteiger partial charge is 0.130 e. The zero-order valence-electron chi connectivity index (χ0n) is 12.2. The molecule has 0 atom stereocenters. The molecule has 21 heavy (non-hydrogen) atoms. The number of benzene rings is 3. The van der Waals surface area contributed by atoms with Crippen molar-refractivity contribution in [2.24, 2.45) is 0 Å². The number of ether oxygens (including phenoxy) is 1. The summed E-state index contributed by atoms with van der Waals surface area (Å²) < 4.78 is 6.05. The van der Waals surface area contributed by atoms with Crippen molar-refractivity contribution in [2.45, 2.75) is 19.8 Å². The molecular formula is C20H18O. The maximum absolute atomic E-state index is 6.05. The molecule has 1 heteroatoms. The van der Waals surface area contributed by atoms with E-state index in [2.05, 4.69) is 61.5 Å². The van der Waals surface area contributed by atoms with Crippen LogP contribution in [-0.2, 0) is 6.42 Å². The molecule has 0 saturated heterocycles. The van der Waals surface area contributed by atoms with Gasteiger partial charge >= 0.3 is 0 Å². The molecule has 0 spiro atoms. The Morgan fingerprint density at radius 1 is 0.857 bits per heavy atom. The van der Waals surface area contributed by atoms with E-state index in [1.165, 1.54) is 33.0 Å². The summed E-state index contributed by atoms with van der Waals surface area (Å²) in [6.07, 6.45) is 2.20. The van der Waals surface area contributed by atoms with Gasteiger partial charge in [-0.05, 0) is 41.8 Å². The SMILES string of the molecule is Cc1c(-c2ccccc2)c2c(c3ccccc13)OCCC2. The van der Waals surface area contributed by atoms with Crippen molar-refractivity contribution in [1.29, 1.82) is 0 Å². The van der Waals surface area contributed by atoms with E-state index in [0.717, 1.165) is 25.2 Å². The predicted molar refractivity (Wildman–Crippen MR) is 87.9 cm³/mol. The number of fused-ring (bicyclic) bond motifs is 3. The number of rotatable bonds is 1. The van der Waals surface area contributed by atoms with Crippen LogP contribution in [0.15, 0.2) is 54.6 Å². The first-order valence-electron chi connectivity index (χ1n) is 7.58. The van der Waals surface area contributed by atoms with Gasteiger partial charge in [-0.15, -0.1) is 0 Å². The fourth-order valence-electron chi connectivity index (χ4n) is 3.47. The molecule has 1 nitrogen and oxygen atoms in total. The molecule has 0 fully saturated rings. The van der Waals surface area contributed by atoms with Gasteiger partial charge in [-0.2, -0.15) is 0 Å². The minimum atomic E-state index is 0.828. The minimum Gasteiger partial charge on any atom is -0.493 e. The Bertz CT molecular complexity index is 803. The molecule has 4 rings (SSSR count). The second kappa shape index (κ2) is 4.92. The summed E-state index contributed by atoms with van der Waals surface area (Å²) in [7, 11) is 0. The molecule has 0 unspecified atom stereocenters. The van der Waals surface area contributed by atoms with Crippen LogP contribution in [0.4, 0.5) is 0 Å². The number of aryl methyl sites for hydroxylation is 1. The first-order chi connectivity index (χ1) is 10.4. The highest BCUT2D eigenvalue weighted by Crippen LogP contribution is 2.43. The van der Waals surface area contributed by atoms with Gasteiger partial charge in [0.1, 0.15) is 5.75 Å². The van der Waals surface area contributed by atoms with Gasteiger partial charge in [-0.25, -0.2) is 0 Å². The van der Waals surface area contributed by atoms with Gasteiger partial charge in [0, 0.05) is 10.9 Å². The Morgan fingerprint density at radius 2 is 1.57 bits per heavy atom. The highest BCUT2D eigenvalue weighted by Gasteiger charge is 2.21. The van der Waals surface area contributed by atoms with Crippen molar-refractivity contribution < 1.29 is 4.74 Å². The van der Waals surface area contributed by atoms with Gasteiger partial charge < -0.3 is 4.74 Å². The Hall–Kier alpha value is -2.28. The van der Waals surface area contributed by atoms with Gasteiger partial charge in [0.2, 0.25) is 0 Å². The molecule has 1 aliphatic rings. The molecule has 0 aromatic heterocycles. The lowest BCUT2D eigenvalue weighted by molar-refractivity contribution is 0.292. The lowest BCUT2D eigenvalue weighted by atomic mass is 9.87. The summed E-state index contributed by atoms with van der Waals surface area (Å²) in [5.74, 6) is 1.10. The standard InChI is InChI=1S/C20H18O/c1-14-16-10-5-6-11-17(16)20-18(12-7-13-21-20)19(14)15-8-3-2-4-9-15/h2-6,8-11H,7,12-13H2,1H3. The molecule has 0 saturated carbocycles. The normalized spacial score (nSPS) is 13.8. The molecule has 0 amide bonds. The maximum Gasteiger partial charge on any atom is 0.130 e. The number of hydrogen-bond acceptors (Lipinski definition) is 1. The highest BCUT2D eigenvalue weighted by atomic mass is 16.5. The summed E-state index contributed by atoms with van der Waals surface area (Å²) in [6, 6.07) is 19.3. The highest BCUT2D eigenvalue weighted by molar-refractivity contribution is 5.98. The zero-order valence-corrected chi connectivity index (χ0v) is 12.2. The lowest BCUT2D eigenvalue weighted by Gasteiger charge is -2.25. The molecule has 3 aromatic carbocycles. The summed E-state index contributed by atoms with van der Waals surface area (Å²) in [5, 5.41) is 2.56. The summed E-state index contributed by atoms with van der Waals surface area (Å²) in [6.45, 7) is 3.06. The van der Waals surface area contributed by atoms with E-state index in [1.807, 2.05) is 0 Å².